The minimum absolute atomic E-state index is 0.0445. The number of hydrogen-bond donors (Lipinski definition) is 3. The third-order valence-corrected chi connectivity index (χ3v) is 2.43. The highest BCUT2D eigenvalue weighted by molar-refractivity contribution is 6.32. The van der Waals surface area contributed by atoms with Crippen molar-refractivity contribution in [2.45, 2.75) is 0 Å². The lowest BCUT2D eigenvalue weighted by Crippen LogP contribution is -2.37. The van der Waals surface area contributed by atoms with Gasteiger partial charge in [0.1, 0.15) is 5.02 Å². The fraction of sp³-hybridized carbons (Fsp3) is 0.200. The molecule has 0 aliphatic carbocycles. The molecule has 9 heteroatoms. The van der Waals surface area contributed by atoms with E-state index in [9.17, 15) is 19.7 Å². The highest BCUT2D eigenvalue weighted by atomic mass is 35.5. The van der Waals surface area contributed by atoms with E-state index in [1.165, 1.54) is 12.1 Å². The normalized spacial score (nSPS) is 9.74. The number of halogens is 1. The van der Waals surface area contributed by atoms with Crippen LogP contribution < -0.4 is 16.4 Å². The van der Waals surface area contributed by atoms with E-state index in [0.717, 1.165) is 6.07 Å². The van der Waals surface area contributed by atoms with Gasteiger partial charge in [-0.1, -0.05) is 11.6 Å². The van der Waals surface area contributed by atoms with Crippen molar-refractivity contribution in [3.63, 3.8) is 0 Å². The Balaban J connectivity index is 2.65. The molecule has 0 saturated carbocycles. The van der Waals surface area contributed by atoms with Gasteiger partial charge in [-0.2, -0.15) is 0 Å². The van der Waals surface area contributed by atoms with Crippen molar-refractivity contribution in [3.05, 3.63) is 38.9 Å². The third kappa shape index (κ3) is 4.43. The molecule has 0 radical (unpaired) electrons. The summed E-state index contributed by atoms with van der Waals surface area (Å²) in [6.07, 6.45) is 0. The van der Waals surface area contributed by atoms with E-state index in [1.54, 1.807) is 0 Å². The number of nitrogens with two attached hydrogens (primary N) is 1. The van der Waals surface area contributed by atoms with Gasteiger partial charge in [0.15, 0.2) is 0 Å². The van der Waals surface area contributed by atoms with Crippen LogP contribution in [0.15, 0.2) is 18.2 Å². The number of hydrogen-bond acceptors (Lipinski definition) is 4. The number of nitro groups is 1. The SMILES string of the molecule is NC(=O)NCCNC(=O)c1ccc(Cl)c([N+](=O)[O-])c1. The Bertz CT molecular complexity index is 520. The second-order valence-electron chi connectivity index (χ2n) is 3.47. The molecular formula is C10H11ClN4O4. The summed E-state index contributed by atoms with van der Waals surface area (Å²) < 4.78 is 0. The van der Waals surface area contributed by atoms with Crippen LogP contribution in [-0.4, -0.2) is 30.0 Å². The molecule has 0 bridgehead atoms. The zero-order chi connectivity index (χ0) is 14.4. The smallest absolute Gasteiger partial charge is 0.312 e. The first kappa shape index (κ1) is 14.7. The molecule has 4 N–H and O–H groups in total. The van der Waals surface area contributed by atoms with Crippen molar-refractivity contribution < 1.29 is 14.5 Å². The number of nitro benzene ring substituents is 1. The molecule has 0 atom stereocenters. The molecule has 0 saturated heterocycles. The fourth-order valence-corrected chi connectivity index (χ4v) is 1.44. The lowest BCUT2D eigenvalue weighted by Gasteiger charge is -2.05. The van der Waals surface area contributed by atoms with Crippen LogP contribution in [-0.2, 0) is 0 Å². The lowest BCUT2D eigenvalue weighted by atomic mass is 10.2. The number of carbonyl (C=O) groups excluding carboxylic acids is 2. The molecule has 0 spiro atoms. The summed E-state index contributed by atoms with van der Waals surface area (Å²) in [5, 5.41) is 15.4. The van der Waals surface area contributed by atoms with Crippen LogP contribution in [0, 0.1) is 10.1 Å². The van der Waals surface area contributed by atoms with Gasteiger partial charge < -0.3 is 16.4 Å². The van der Waals surface area contributed by atoms with Gasteiger partial charge in [-0.3, -0.25) is 14.9 Å². The molecule has 1 aromatic carbocycles. The Morgan fingerprint density at radius 3 is 2.53 bits per heavy atom. The number of rotatable bonds is 5. The first-order valence-corrected chi connectivity index (χ1v) is 5.55. The van der Waals surface area contributed by atoms with Crippen LogP contribution in [0.2, 0.25) is 5.02 Å². The van der Waals surface area contributed by atoms with Gasteiger partial charge in [0.2, 0.25) is 0 Å². The van der Waals surface area contributed by atoms with E-state index in [4.69, 9.17) is 17.3 Å². The van der Waals surface area contributed by atoms with Crippen molar-refractivity contribution >= 4 is 29.2 Å². The number of primary amides is 1. The Hall–Kier alpha value is -2.35. The second kappa shape index (κ2) is 6.55. The lowest BCUT2D eigenvalue weighted by molar-refractivity contribution is -0.384. The molecule has 19 heavy (non-hydrogen) atoms. The Morgan fingerprint density at radius 1 is 1.32 bits per heavy atom. The highest BCUT2D eigenvalue weighted by Crippen LogP contribution is 2.24. The number of benzene rings is 1. The molecule has 0 heterocycles. The maximum Gasteiger partial charge on any atom is 0.312 e. The molecule has 0 aliphatic heterocycles. The van der Waals surface area contributed by atoms with E-state index in [0.29, 0.717) is 0 Å². The Morgan fingerprint density at radius 2 is 1.95 bits per heavy atom. The summed E-state index contributed by atoms with van der Waals surface area (Å²) >= 11 is 5.62. The van der Waals surface area contributed by atoms with Gasteiger partial charge >= 0.3 is 6.03 Å². The van der Waals surface area contributed by atoms with Gasteiger partial charge in [-0.05, 0) is 12.1 Å². The Labute approximate surface area is 113 Å². The van der Waals surface area contributed by atoms with E-state index >= 15 is 0 Å². The average Bonchev–Trinajstić information content (AvgIpc) is 2.34. The van der Waals surface area contributed by atoms with Gasteiger partial charge in [-0.15, -0.1) is 0 Å². The van der Waals surface area contributed by atoms with E-state index < -0.39 is 16.9 Å². The van der Waals surface area contributed by atoms with E-state index in [1.807, 2.05) is 0 Å². The molecular weight excluding hydrogens is 276 g/mol. The molecule has 8 nitrogen and oxygen atoms in total. The van der Waals surface area contributed by atoms with E-state index in [-0.39, 0.29) is 29.4 Å². The predicted octanol–water partition coefficient (Wildman–Crippen LogP) is 0.646. The average molecular weight is 287 g/mol. The summed E-state index contributed by atoms with van der Waals surface area (Å²) in [4.78, 5) is 32.0. The molecule has 1 rings (SSSR count). The summed E-state index contributed by atoms with van der Waals surface area (Å²) in [6, 6.07) is 3.03. The molecule has 1 aromatic rings. The topological polar surface area (TPSA) is 127 Å². The Kier molecular flexibility index (Phi) is 5.07. The van der Waals surface area contributed by atoms with Crippen LogP contribution in [0.25, 0.3) is 0 Å². The van der Waals surface area contributed by atoms with Crippen LogP contribution in [0.1, 0.15) is 10.4 Å². The second-order valence-corrected chi connectivity index (χ2v) is 3.88. The zero-order valence-corrected chi connectivity index (χ0v) is 10.4. The zero-order valence-electron chi connectivity index (χ0n) is 9.68. The largest absolute Gasteiger partial charge is 0.352 e. The quantitative estimate of drug-likeness (QED) is 0.417. The van der Waals surface area contributed by atoms with Gasteiger partial charge in [0.25, 0.3) is 11.6 Å². The number of nitrogens with zero attached hydrogens (tertiary/aromatic N) is 1. The summed E-state index contributed by atoms with van der Waals surface area (Å²) in [7, 11) is 0. The first-order chi connectivity index (χ1) is 8.91. The molecule has 3 amide bonds. The van der Waals surface area contributed by atoms with Gasteiger partial charge in [0.05, 0.1) is 4.92 Å². The van der Waals surface area contributed by atoms with Crippen LogP contribution in [0.3, 0.4) is 0 Å². The molecule has 102 valence electrons. The fourth-order valence-electron chi connectivity index (χ4n) is 1.26. The predicted molar refractivity (Wildman–Crippen MR) is 68.0 cm³/mol. The minimum atomic E-state index is -0.698. The maximum absolute atomic E-state index is 11.7. The molecule has 0 aliphatic rings. The van der Waals surface area contributed by atoms with E-state index in [2.05, 4.69) is 10.6 Å². The number of carbonyl (C=O) groups is 2. The maximum atomic E-state index is 11.7. The van der Waals surface area contributed by atoms with Crippen molar-refractivity contribution in [1.82, 2.24) is 10.6 Å². The molecule has 0 fully saturated rings. The number of amides is 3. The third-order valence-electron chi connectivity index (χ3n) is 2.11. The highest BCUT2D eigenvalue weighted by Gasteiger charge is 2.15. The van der Waals surface area contributed by atoms with Crippen molar-refractivity contribution in [3.8, 4) is 0 Å². The number of nitrogens with one attached hydrogen (secondary N) is 2. The van der Waals surface area contributed by atoms with Crippen LogP contribution in [0.4, 0.5) is 10.5 Å². The summed E-state index contributed by atoms with van der Waals surface area (Å²) in [5.74, 6) is -0.508. The number of urea groups is 1. The monoisotopic (exact) mass is 286 g/mol. The summed E-state index contributed by atoms with van der Waals surface area (Å²) in [6.45, 7) is 0.314. The molecule has 0 unspecified atom stereocenters. The first-order valence-electron chi connectivity index (χ1n) is 5.17. The van der Waals surface area contributed by atoms with Gasteiger partial charge in [0, 0.05) is 24.7 Å². The van der Waals surface area contributed by atoms with Crippen molar-refractivity contribution in [2.24, 2.45) is 5.73 Å². The van der Waals surface area contributed by atoms with Crippen molar-refractivity contribution in [2.75, 3.05) is 13.1 Å². The van der Waals surface area contributed by atoms with Gasteiger partial charge in [-0.25, -0.2) is 4.79 Å². The standard InChI is InChI=1S/C10H11ClN4O4/c11-7-2-1-6(5-8(7)15(18)19)9(16)13-3-4-14-10(12)17/h1-2,5H,3-4H2,(H,13,16)(H3,12,14,17). The summed E-state index contributed by atoms with van der Waals surface area (Å²) in [5.41, 5.74) is 4.60. The van der Waals surface area contributed by atoms with Crippen LogP contribution >= 0.6 is 11.6 Å². The van der Waals surface area contributed by atoms with Crippen LogP contribution in [0.5, 0.6) is 0 Å². The minimum Gasteiger partial charge on any atom is -0.352 e. The molecule has 0 aromatic heterocycles. The van der Waals surface area contributed by atoms with Crippen molar-refractivity contribution in [1.29, 1.82) is 0 Å².